The molecule has 126 valence electrons. The Morgan fingerprint density at radius 1 is 1.09 bits per heavy atom. The summed E-state index contributed by atoms with van der Waals surface area (Å²) in [6, 6.07) is 6.41. The number of nitrogens with one attached hydrogen (secondary N) is 1. The first-order valence-corrected chi connectivity index (χ1v) is 9.44. The average Bonchev–Trinajstić information content (AvgIpc) is 2.57. The summed E-state index contributed by atoms with van der Waals surface area (Å²) < 4.78 is 5.40. The van der Waals surface area contributed by atoms with Crippen molar-refractivity contribution in [1.29, 1.82) is 0 Å². The summed E-state index contributed by atoms with van der Waals surface area (Å²) in [6.45, 7) is 2.93. The number of ether oxygens (including phenoxy) is 1. The molecule has 1 aromatic rings. The molecular weight excluding hydrogens is 329 g/mol. The first-order valence-electron chi connectivity index (χ1n) is 8.68. The average molecular weight is 354 g/mol. The van der Waals surface area contributed by atoms with Crippen LogP contribution in [-0.2, 0) is 4.74 Å². The third-order valence-corrected chi connectivity index (χ3v) is 5.64. The van der Waals surface area contributed by atoms with Crippen molar-refractivity contribution in [1.82, 2.24) is 5.32 Å². The Morgan fingerprint density at radius 3 is 2.48 bits per heavy atom. The molecule has 2 nitrogen and oxygen atoms in total. The first kappa shape index (κ1) is 17.3. The molecule has 1 aliphatic carbocycles. The molecule has 1 unspecified atom stereocenters. The normalized spacial score (nSPS) is 22.9. The Hall–Kier alpha value is -0.540. The van der Waals surface area contributed by atoms with Gasteiger partial charge in [0, 0.05) is 34.9 Å². The fraction of sp³-hybridized carbons (Fsp3) is 0.579. The molecule has 1 aromatic carbocycles. The predicted octanol–water partition coefficient (Wildman–Crippen LogP) is 5.34. The van der Waals surface area contributed by atoms with E-state index in [1.807, 2.05) is 18.2 Å². The zero-order valence-corrected chi connectivity index (χ0v) is 15.0. The van der Waals surface area contributed by atoms with E-state index in [9.17, 15) is 0 Å². The lowest BCUT2D eigenvalue weighted by Crippen LogP contribution is -2.35. The SMILES string of the molecule is Clc1cccc(Cl)c1C1=CCC(CCNC2CCOCC2)CC1. The van der Waals surface area contributed by atoms with Crippen molar-refractivity contribution in [3.05, 3.63) is 39.9 Å². The van der Waals surface area contributed by atoms with E-state index in [-0.39, 0.29) is 0 Å². The van der Waals surface area contributed by atoms with Crippen LogP contribution in [0.4, 0.5) is 0 Å². The van der Waals surface area contributed by atoms with Gasteiger partial charge in [-0.1, -0.05) is 35.3 Å². The molecule has 1 atom stereocenters. The lowest BCUT2D eigenvalue weighted by atomic mass is 9.85. The van der Waals surface area contributed by atoms with Gasteiger partial charge >= 0.3 is 0 Å². The molecule has 1 saturated heterocycles. The third-order valence-electron chi connectivity index (χ3n) is 5.01. The van der Waals surface area contributed by atoms with Gasteiger partial charge in [0.2, 0.25) is 0 Å². The van der Waals surface area contributed by atoms with Crippen molar-refractivity contribution in [2.75, 3.05) is 19.8 Å². The molecule has 4 heteroatoms. The Labute approximate surface area is 149 Å². The minimum Gasteiger partial charge on any atom is -0.381 e. The van der Waals surface area contributed by atoms with E-state index >= 15 is 0 Å². The highest BCUT2D eigenvalue weighted by atomic mass is 35.5. The Morgan fingerprint density at radius 2 is 1.83 bits per heavy atom. The molecular formula is C19H25Cl2NO. The van der Waals surface area contributed by atoms with Crippen LogP contribution in [-0.4, -0.2) is 25.8 Å². The van der Waals surface area contributed by atoms with Crippen LogP contribution in [0.15, 0.2) is 24.3 Å². The van der Waals surface area contributed by atoms with Gasteiger partial charge in [0.1, 0.15) is 0 Å². The van der Waals surface area contributed by atoms with E-state index < -0.39 is 0 Å². The number of hydrogen-bond acceptors (Lipinski definition) is 2. The quantitative estimate of drug-likeness (QED) is 0.771. The van der Waals surface area contributed by atoms with Gasteiger partial charge in [0.25, 0.3) is 0 Å². The van der Waals surface area contributed by atoms with Crippen molar-refractivity contribution in [3.63, 3.8) is 0 Å². The van der Waals surface area contributed by atoms with Crippen LogP contribution < -0.4 is 5.32 Å². The minimum absolute atomic E-state index is 0.653. The third kappa shape index (κ3) is 4.73. The molecule has 1 N–H and O–H groups in total. The van der Waals surface area contributed by atoms with E-state index in [0.29, 0.717) is 6.04 Å². The maximum atomic E-state index is 6.32. The lowest BCUT2D eigenvalue weighted by molar-refractivity contribution is 0.0776. The summed E-state index contributed by atoms with van der Waals surface area (Å²) >= 11 is 12.6. The summed E-state index contributed by atoms with van der Waals surface area (Å²) in [5.41, 5.74) is 2.35. The molecule has 0 radical (unpaired) electrons. The standard InChI is InChI=1S/C19H25Cl2NO/c20-17-2-1-3-18(21)19(17)15-6-4-14(5-7-15)8-11-22-16-9-12-23-13-10-16/h1-3,6,14,16,22H,4-5,7-13H2. The van der Waals surface area contributed by atoms with Crippen LogP contribution in [0.2, 0.25) is 10.0 Å². The van der Waals surface area contributed by atoms with Gasteiger partial charge in [-0.3, -0.25) is 0 Å². The van der Waals surface area contributed by atoms with E-state index in [2.05, 4.69) is 11.4 Å². The molecule has 0 amide bonds. The van der Waals surface area contributed by atoms with Gasteiger partial charge in [-0.25, -0.2) is 0 Å². The van der Waals surface area contributed by atoms with Gasteiger partial charge in [-0.05, 0) is 68.7 Å². The fourth-order valence-electron chi connectivity index (χ4n) is 3.58. The van der Waals surface area contributed by atoms with E-state index in [1.165, 1.54) is 18.4 Å². The number of allylic oxidation sites excluding steroid dienone is 2. The second-order valence-corrected chi connectivity index (χ2v) is 7.41. The maximum absolute atomic E-state index is 6.32. The molecule has 23 heavy (non-hydrogen) atoms. The largest absolute Gasteiger partial charge is 0.381 e. The number of hydrogen-bond donors (Lipinski definition) is 1. The monoisotopic (exact) mass is 353 g/mol. The van der Waals surface area contributed by atoms with Gasteiger partial charge in [-0.15, -0.1) is 0 Å². The van der Waals surface area contributed by atoms with Crippen LogP contribution >= 0.6 is 23.2 Å². The van der Waals surface area contributed by atoms with E-state index in [4.69, 9.17) is 27.9 Å². The molecule has 1 heterocycles. The molecule has 0 bridgehead atoms. The zero-order valence-electron chi connectivity index (χ0n) is 13.5. The highest BCUT2D eigenvalue weighted by Crippen LogP contribution is 2.38. The molecule has 1 fully saturated rings. The van der Waals surface area contributed by atoms with Crippen LogP contribution in [0.5, 0.6) is 0 Å². The van der Waals surface area contributed by atoms with Gasteiger partial charge < -0.3 is 10.1 Å². The van der Waals surface area contributed by atoms with Crippen LogP contribution in [0.3, 0.4) is 0 Å². The Balaban J connectivity index is 1.48. The molecule has 0 saturated carbocycles. The van der Waals surface area contributed by atoms with Crippen molar-refractivity contribution >= 4 is 28.8 Å². The lowest BCUT2D eigenvalue weighted by Gasteiger charge is -2.26. The molecule has 3 rings (SSSR count). The Bertz CT molecular complexity index is 532. The summed E-state index contributed by atoms with van der Waals surface area (Å²) in [4.78, 5) is 0. The van der Waals surface area contributed by atoms with Crippen molar-refractivity contribution in [3.8, 4) is 0 Å². The summed E-state index contributed by atoms with van der Waals surface area (Å²) in [7, 11) is 0. The topological polar surface area (TPSA) is 21.3 Å². The second kappa shape index (κ2) is 8.53. The molecule has 0 spiro atoms. The highest BCUT2D eigenvalue weighted by Gasteiger charge is 2.19. The van der Waals surface area contributed by atoms with Crippen molar-refractivity contribution < 1.29 is 4.74 Å². The number of halogens is 2. The van der Waals surface area contributed by atoms with Crippen LogP contribution in [0.1, 0.15) is 44.1 Å². The number of rotatable bonds is 5. The highest BCUT2D eigenvalue weighted by molar-refractivity contribution is 6.37. The van der Waals surface area contributed by atoms with E-state index in [0.717, 1.165) is 67.0 Å². The minimum atomic E-state index is 0.653. The van der Waals surface area contributed by atoms with Crippen molar-refractivity contribution in [2.24, 2.45) is 5.92 Å². The maximum Gasteiger partial charge on any atom is 0.0496 e. The first-order chi connectivity index (χ1) is 11.2. The van der Waals surface area contributed by atoms with Crippen LogP contribution in [0.25, 0.3) is 5.57 Å². The van der Waals surface area contributed by atoms with Crippen LogP contribution in [0, 0.1) is 5.92 Å². The molecule has 0 aromatic heterocycles. The smallest absolute Gasteiger partial charge is 0.0496 e. The zero-order chi connectivity index (χ0) is 16.1. The second-order valence-electron chi connectivity index (χ2n) is 6.60. The van der Waals surface area contributed by atoms with E-state index in [1.54, 1.807) is 0 Å². The van der Waals surface area contributed by atoms with Gasteiger partial charge in [0.15, 0.2) is 0 Å². The molecule has 2 aliphatic rings. The Kier molecular flexibility index (Phi) is 6.41. The predicted molar refractivity (Wildman–Crippen MR) is 98.2 cm³/mol. The summed E-state index contributed by atoms with van der Waals surface area (Å²) in [5.74, 6) is 0.771. The fourth-order valence-corrected chi connectivity index (χ4v) is 4.22. The van der Waals surface area contributed by atoms with Crippen molar-refractivity contribution in [2.45, 2.75) is 44.6 Å². The summed E-state index contributed by atoms with van der Waals surface area (Å²) in [6.07, 6.45) is 9.33. The van der Waals surface area contributed by atoms with Gasteiger partial charge in [-0.2, -0.15) is 0 Å². The summed E-state index contributed by atoms with van der Waals surface area (Å²) in [5, 5.41) is 5.22. The molecule has 1 aliphatic heterocycles. The van der Waals surface area contributed by atoms with Gasteiger partial charge in [0.05, 0.1) is 0 Å². The number of benzene rings is 1.